The first-order valence-corrected chi connectivity index (χ1v) is 15.8. The standard InChI is InChI=1S/C33H42N4O4/c1-2-4-28-34-21-27(40-28)25-5-3-6-26(20-25)37(29(38)19-23-9-17-39-18-10-23)22-32-11-14-33(15-12-32,16-13-32)31-35-30(36-41-31)24-7-8-24/h3,5-6,20-21,23-24H,2,4,7-19,22H2,1H3. The van der Waals surface area contributed by atoms with E-state index in [1.807, 2.05) is 12.3 Å². The van der Waals surface area contributed by atoms with Gasteiger partial charge < -0.3 is 18.6 Å². The molecule has 1 aromatic carbocycles. The van der Waals surface area contributed by atoms with Gasteiger partial charge >= 0.3 is 0 Å². The van der Waals surface area contributed by atoms with Crippen molar-refractivity contribution >= 4 is 11.6 Å². The summed E-state index contributed by atoms with van der Waals surface area (Å²) in [7, 11) is 0. The molecule has 1 saturated heterocycles. The predicted molar refractivity (Wildman–Crippen MR) is 155 cm³/mol. The third kappa shape index (κ3) is 5.47. The number of benzene rings is 1. The number of hydrogen-bond acceptors (Lipinski definition) is 7. The van der Waals surface area contributed by atoms with E-state index < -0.39 is 0 Å². The van der Waals surface area contributed by atoms with Crippen LogP contribution in [0.2, 0.25) is 0 Å². The third-order valence-corrected chi connectivity index (χ3v) is 10.3. The van der Waals surface area contributed by atoms with E-state index in [0.717, 1.165) is 119 Å². The number of ether oxygens (including phenoxy) is 1. The van der Waals surface area contributed by atoms with Gasteiger partial charge in [0.15, 0.2) is 17.5 Å². The molecule has 2 aromatic heterocycles. The Bertz CT molecular complexity index is 1340. The van der Waals surface area contributed by atoms with Gasteiger partial charge in [0, 0.05) is 55.2 Å². The zero-order valence-electron chi connectivity index (χ0n) is 24.3. The van der Waals surface area contributed by atoms with Crippen molar-refractivity contribution in [2.24, 2.45) is 11.3 Å². The van der Waals surface area contributed by atoms with Gasteiger partial charge in [0.1, 0.15) is 0 Å². The summed E-state index contributed by atoms with van der Waals surface area (Å²) in [6.07, 6.45) is 14.9. The second kappa shape index (κ2) is 11.0. The molecule has 218 valence electrons. The van der Waals surface area contributed by atoms with E-state index >= 15 is 0 Å². The summed E-state index contributed by atoms with van der Waals surface area (Å²) in [5.41, 5.74) is 2.05. The maximum Gasteiger partial charge on any atom is 0.232 e. The Morgan fingerprint density at radius 2 is 1.83 bits per heavy atom. The Balaban J connectivity index is 1.12. The van der Waals surface area contributed by atoms with E-state index in [-0.39, 0.29) is 16.7 Å². The van der Waals surface area contributed by atoms with Crippen LogP contribution in [0.1, 0.15) is 107 Å². The van der Waals surface area contributed by atoms with Gasteiger partial charge in [-0.1, -0.05) is 24.2 Å². The molecule has 5 aliphatic rings. The zero-order chi connectivity index (χ0) is 27.9. The van der Waals surface area contributed by atoms with E-state index in [4.69, 9.17) is 18.7 Å². The second-order valence-electron chi connectivity index (χ2n) is 13.2. The molecule has 0 unspecified atom stereocenters. The SMILES string of the molecule is CCCc1ncc(-c2cccc(N(CC34CCC(c5nc(C6CC6)no5)(CC3)CC4)C(=O)CC3CCOCC3)c2)o1. The van der Waals surface area contributed by atoms with Gasteiger partial charge in [-0.05, 0) is 94.1 Å². The molecule has 2 bridgehead atoms. The van der Waals surface area contributed by atoms with Crippen molar-refractivity contribution in [3.05, 3.63) is 48.1 Å². The molecule has 1 amide bonds. The van der Waals surface area contributed by atoms with Crippen LogP contribution in [0.4, 0.5) is 5.69 Å². The van der Waals surface area contributed by atoms with Crippen LogP contribution in [0.3, 0.4) is 0 Å². The number of aryl methyl sites for hydroxylation is 1. The zero-order valence-corrected chi connectivity index (χ0v) is 24.3. The number of fused-ring (bicyclic) bond motifs is 3. The van der Waals surface area contributed by atoms with Crippen molar-refractivity contribution in [1.82, 2.24) is 15.1 Å². The van der Waals surface area contributed by atoms with E-state index in [0.29, 0.717) is 18.3 Å². The summed E-state index contributed by atoms with van der Waals surface area (Å²) in [5.74, 6) is 4.41. The molecule has 8 rings (SSSR count). The summed E-state index contributed by atoms with van der Waals surface area (Å²) in [4.78, 5) is 25.5. The molecular formula is C33H42N4O4. The molecule has 3 aromatic rings. The van der Waals surface area contributed by atoms with Crippen LogP contribution in [0.15, 0.2) is 39.4 Å². The molecule has 1 aliphatic heterocycles. The van der Waals surface area contributed by atoms with E-state index in [1.165, 1.54) is 12.8 Å². The highest BCUT2D eigenvalue weighted by molar-refractivity contribution is 5.94. The van der Waals surface area contributed by atoms with E-state index in [2.05, 4.69) is 40.2 Å². The summed E-state index contributed by atoms with van der Waals surface area (Å²) in [6, 6.07) is 8.29. The molecule has 41 heavy (non-hydrogen) atoms. The topological polar surface area (TPSA) is 94.5 Å². The highest BCUT2D eigenvalue weighted by Crippen LogP contribution is 2.58. The smallest absolute Gasteiger partial charge is 0.232 e. The summed E-state index contributed by atoms with van der Waals surface area (Å²) >= 11 is 0. The van der Waals surface area contributed by atoms with E-state index in [9.17, 15) is 4.79 Å². The van der Waals surface area contributed by atoms with Gasteiger partial charge in [0.05, 0.1) is 6.20 Å². The average molecular weight is 559 g/mol. The van der Waals surface area contributed by atoms with Gasteiger partial charge in [-0.15, -0.1) is 0 Å². The summed E-state index contributed by atoms with van der Waals surface area (Å²) < 4.78 is 17.5. The normalized spacial score (nSPS) is 26.4. The quantitative estimate of drug-likeness (QED) is 0.264. The van der Waals surface area contributed by atoms with Gasteiger partial charge in [-0.3, -0.25) is 4.79 Å². The van der Waals surface area contributed by atoms with Gasteiger partial charge in [0.25, 0.3) is 0 Å². The number of rotatable bonds is 10. The van der Waals surface area contributed by atoms with Gasteiger partial charge in [-0.25, -0.2) is 4.98 Å². The summed E-state index contributed by atoms with van der Waals surface area (Å²) in [5, 5.41) is 4.33. The second-order valence-corrected chi connectivity index (χ2v) is 13.2. The van der Waals surface area contributed by atoms with Crippen molar-refractivity contribution in [2.45, 2.75) is 102 Å². The molecule has 0 radical (unpaired) electrons. The molecule has 0 atom stereocenters. The molecule has 3 heterocycles. The fraction of sp³-hybridized carbons (Fsp3) is 0.636. The minimum absolute atomic E-state index is 0.0151. The predicted octanol–water partition coefficient (Wildman–Crippen LogP) is 7.00. The number of amides is 1. The van der Waals surface area contributed by atoms with Crippen molar-refractivity contribution in [3.63, 3.8) is 0 Å². The van der Waals surface area contributed by atoms with Crippen molar-refractivity contribution in [2.75, 3.05) is 24.7 Å². The van der Waals surface area contributed by atoms with Gasteiger partial charge in [0.2, 0.25) is 11.8 Å². The van der Waals surface area contributed by atoms with Gasteiger partial charge in [-0.2, -0.15) is 4.98 Å². The van der Waals surface area contributed by atoms with Crippen LogP contribution in [0.25, 0.3) is 11.3 Å². The molecule has 8 heteroatoms. The molecule has 8 nitrogen and oxygen atoms in total. The Morgan fingerprint density at radius 3 is 2.56 bits per heavy atom. The summed E-state index contributed by atoms with van der Waals surface area (Å²) in [6.45, 7) is 4.38. The lowest BCUT2D eigenvalue weighted by atomic mass is 9.53. The van der Waals surface area contributed by atoms with Crippen LogP contribution >= 0.6 is 0 Å². The first-order chi connectivity index (χ1) is 20.0. The molecule has 4 aliphatic carbocycles. The number of anilines is 1. The monoisotopic (exact) mass is 558 g/mol. The maximum absolute atomic E-state index is 14.1. The largest absolute Gasteiger partial charge is 0.441 e. The maximum atomic E-state index is 14.1. The highest BCUT2D eigenvalue weighted by Gasteiger charge is 2.53. The number of hydrogen-bond donors (Lipinski definition) is 0. The van der Waals surface area contributed by atoms with Crippen LogP contribution in [-0.2, 0) is 21.4 Å². The number of aromatic nitrogens is 3. The van der Waals surface area contributed by atoms with Crippen molar-refractivity contribution in [3.8, 4) is 11.3 Å². The molecular weight excluding hydrogens is 516 g/mol. The first-order valence-electron chi connectivity index (χ1n) is 15.8. The molecule has 0 spiro atoms. The van der Waals surface area contributed by atoms with Crippen molar-refractivity contribution < 1.29 is 18.5 Å². The lowest BCUT2D eigenvalue weighted by Crippen LogP contribution is -2.51. The Labute approximate surface area is 242 Å². The number of oxazole rings is 1. The fourth-order valence-electron chi connectivity index (χ4n) is 7.35. The lowest BCUT2D eigenvalue weighted by molar-refractivity contribution is -0.121. The molecule has 4 saturated carbocycles. The third-order valence-electron chi connectivity index (χ3n) is 10.3. The minimum atomic E-state index is 0.0151. The molecule has 5 fully saturated rings. The van der Waals surface area contributed by atoms with Crippen LogP contribution < -0.4 is 4.90 Å². The van der Waals surface area contributed by atoms with Crippen LogP contribution in [0.5, 0.6) is 0 Å². The van der Waals surface area contributed by atoms with Crippen LogP contribution in [0, 0.1) is 11.3 Å². The number of carbonyl (C=O) groups is 1. The molecule has 0 N–H and O–H groups in total. The lowest BCUT2D eigenvalue weighted by Gasteiger charge is -2.53. The van der Waals surface area contributed by atoms with Crippen molar-refractivity contribution in [1.29, 1.82) is 0 Å². The Kier molecular flexibility index (Phi) is 7.21. The number of nitrogens with zero attached hydrogens (tertiary/aromatic N) is 4. The Hall–Kier alpha value is -3.00. The highest BCUT2D eigenvalue weighted by atomic mass is 16.5. The van der Waals surface area contributed by atoms with Crippen LogP contribution in [-0.4, -0.2) is 40.8 Å². The minimum Gasteiger partial charge on any atom is -0.441 e. The first kappa shape index (κ1) is 26.9. The van der Waals surface area contributed by atoms with E-state index in [1.54, 1.807) is 0 Å². The average Bonchev–Trinajstić information content (AvgIpc) is 3.54. The Morgan fingerprint density at radius 1 is 1.05 bits per heavy atom. The number of carbonyl (C=O) groups excluding carboxylic acids is 1. The fourth-order valence-corrected chi connectivity index (χ4v) is 7.35.